The average molecular weight is 371 g/mol. The van der Waals surface area contributed by atoms with Crippen LogP contribution in [0.4, 0.5) is 0 Å². The second-order valence-electron chi connectivity index (χ2n) is 4.43. The first kappa shape index (κ1) is 15.9. The molecule has 0 fully saturated rings. The molecule has 0 aliphatic heterocycles. The first-order valence-corrected chi connectivity index (χ1v) is 8.61. The van der Waals surface area contributed by atoms with Crippen LogP contribution in [0.15, 0.2) is 56.7 Å². The van der Waals surface area contributed by atoms with Gasteiger partial charge in [-0.1, -0.05) is 48.5 Å². The monoisotopic (exact) mass is 369 g/mol. The SMILES string of the molecule is CCCNCc1c(Cl)cccc1Sc1ccccc1Br. The minimum absolute atomic E-state index is 0.806. The lowest BCUT2D eigenvalue weighted by Gasteiger charge is -2.12. The Bertz CT molecular complexity index is 574. The summed E-state index contributed by atoms with van der Waals surface area (Å²) >= 11 is 11.7. The summed E-state index contributed by atoms with van der Waals surface area (Å²) in [7, 11) is 0. The number of benzene rings is 2. The van der Waals surface area contributed by atoms with E-state index in [1.54, 1.807) is 11.8 Å². The minimum atomic E-state index is 0.806. The smallest absolute Gasteiger partial charge is 0.0462 e. The van der Waals surface area contributed by atoms with E-state index in [2.05, 4.69) is 46.4 Å². The summed E-state index contributed by atoms with van der Waals surface area (Å²) in [4.78, 5) is 2.40. The lowest BCUT2D eigenvalue weighted by Crippen LogP contribution is -2.14. The molecule has 2 aromatic rings. The van der Waals surface area contributed by atoms with E-state index in [4.69, 9.17) is 11.6 Å². The molecule has 0 aromatic heterocycles. The molecule has 1 nitrogen and oxygen atoms in total. The van der Waals surface area contributed by atoms with Gasteiger partial charge in [0.05, 0.1) is 0 Å². The van der Waals surface area contributed by atoms with E-state index >= 15 is 0 Å². The summed E-state index contributed by atoms with van der Waals surface area (Å²) in [6, 6.07) is 14.3. The van der Waals surface area contributed by atoms with Gasteiger partial charge in [0, 0.05) is 25.8 Å². The molecular weight excluding hydrogens is 354 g/mol. The fourth-order valence-corrected chi connectivity index (χ4v) is 3.67. The normalized spacial score (nSPS) is 10.8. The van der Waals surface area contributed by atoms with Gasteiger partial charge in [-0.15, -0.1) is 0 Å². The molecular formula is C16H17BrClNS. The van der Waals surface area contributed by atoms with Crippen molar-refractivity contribution in [3.8, 4) is 0 Å². The Morgan fingerprint density at radius 1 is 1.10 bits per heavy atom. The Balaban J connectivity index is 2.23. The van der Waals surface area contributed by atoms with Crippen LogP contribution in [0, 0.1) is 0 Å². The number of hydrogen-bond acceptors (Lipinski definition) is 2. The number of rotatable bonds is 6. The average Bonchev–Trinajstić information content (AvgIpc) is 2.44. The van der Waals surface area contributed by atoms with Crippen LogP contribution in [-0.2, 0) is 6.54 Å². The maximum atomic E-state index is 6.35. The first-order valence-electron chi connectivity index (χ1n) is 6.63. The molecule has 0 heterocycles. The lowest BCUT2D eigenvalue weighted by molar-refractivity contribution is 0.669. The van der Waals surface area contributed by atoms with Crippen LogP contribution in [-0.4, -0.2) is 6.54 Å². The maximum absolute atomic E-state index is 6.35. The van der Waals surface area contributed by atoms with Gasteiger partial charge in [-0.3, -0.25) is 0 Å². The summed E-state index contributed by atoms with van der Waals surface area (Å²) in [5.41, 5.74) is 1.17. The van der Waals surface area contributed by atoms with Crippen LogP contribution >= 0.6 is 39.3 Å². The predicted octanol–water partition coefficient (Wildman–Crippen LogP) is 5.75. The Hall–Kier alpha value is -0.480. The van der Waals surface area contributed by atoms with Gasteiger partial charge >= 0.3 is 0 Å². The molecule has 0 saturated heterocycles. The molecule has 0 bridgehead atoms. The fraction of sp³-hybridized carbons (Fsp3) is 0.250. The van der Waals surface area contributed by atoms with E-state index in [0.717, 1.165) is 29.0 Å². The van der Waals surface area contributed by atoms with Gasteiger partial charge in [0.25, 0.3) is 0 Å². The van der Waals surface area contributed by atoms with Crippen molar-refractivity contribution in [3.05, 3.63) is 57.5 Å². The zero-order chi connectivity index (χ0) is 14.4. The molecule has 4 heteroatoms. The molecule has 0 aliphatic carbocycles. The van der Waals surface area contributed by atoms with Gasteiger partial charge in [-0.25, -0.2) is 0 Å². The summed E-state index contributed by atoms with van der Waals surface area (Å²) in [5, 5.41) is 4.25. The first-order chi connectivity index (χ1) is 9.72. The highest BCUT2D eigenvalue weighted by Gasteiger charge is 2.09. The van der Waals surface area contributed by atoms with Gasteiger partial charge in [0.1, 0.15) is 0 Å². The molecule has 2 aromatic carbocycles. The van der Waals surface area contributed by atoms with Crippen molar-refractivity contribution in [1.29, 1.82) is 0 Å². The van der Waals surface area contributed by atoms with Crippen LogP contribution in [0.2, 0.25) is 5.02 Å². The summed E-state index contributed by atoms with van der Waals surface area (Å²) in [5.74, 6) is 0. The largest absolute Gasteiger partial charge is 0.313 e. The second kappa shape index (κ2) is 8.08. The van der Waals surface area contributed by atoms with Crippen molar-refractivity contribution in [2.24, 2.45) is 0 Å². The Kier molecular flexibility index (Phi) is 6.43. The number of hydrogen-bond donors (Lipinski definition) is 1. The third kappa shape index (κ3) is 4.26. The van der Waals surface area contributed by atoms with Crippen LogP contribution in [0.25, 0.3) is 0 Å². The predicted molar refractivity (Wildman–Crippen MR) is 91.7 cm³/mol. The summed E-state index contributed by atoms with van der Waals surface area (Å²) < 4.78 is 1.11. The topological polar surface area (TPSA) is 12.0 Å². The summed E-state index contributed by atoms with van der Waals surface area (Å²) in [6.07, 6.45) is 1.12. The van der Waals surface area contributed by atoms with Crippen molar-refractivity contribution < 1.29 is 0 Å². The van der Waals surface area contributed by atoms with Crippen LogP contribution in [0.5, 0.6) is 0 Å². The van der Waals surface area contributed by atoms with Gasteiger partial charge < -0.3 is 5.32 Å². The van der Waals surface area contributed by atoms with Crippen molar-refractivity contribution in [1.82, 2.24) is 5.32 Å². The van der Waals surface area contributed by atoms with E-state index in [1.165, 1.54) is 15.4 Å². The molecule has 0 saturated carbocycles. The third-order valence-electron chi connectivity index (χ3n) is 2.86. The van der Waals surface area contributed by atoms with Gasteiger partial charge in [-0.2, -0.15) is 0 Å². The van der Waals surface area contributed by atoms with E-state index in [9.17, 15) is 0 Å². The standard InChI is InChI=1S/C16H17BrClNS/c1-2-10-19-11-12-14(18)7-5-9-15(12)20-16-8-4-3-6-13(16)17/h3-9,19H,2,10-11H2,1H3. The molecule has 0 aliphatic rings. The van der Waals surface area contributed by atoms with E-state index in [-0.39, 0.29) is 0 Å². The van der Waals surface area contributed by atoms with Crippen molar-refractivity contribution in [2.75, 3.05) is 6.54 Å². The molecule has 106 valence electrons. The van der Waals surface area contributed by atoms with Crippen LogP contribution in [0.1, 0.15) is 18.9 Å². The highest BCUT2D eigenvalue weighted by Crippen LogP contribution is 2.37. The minimum Gasteiger partial charge on any atom is -0.313 e. The Labute approximate surface area is 138 Å². The van der Waals surface area contributed by atoms with Gasteiger partial charge in [-0.05, 0) is 58.7 Å². The number of nitrogens with one attached hydrogen (secondary N) is 1. The highest BCUT2D eigenvalue weighted by molar-refractivity contribution is 9.10. The zero-order valence-corrected chi connectivity index (χ0v) is 14.5. The molecule has 0 spiro atoms. The molecule has 0 atom stereocenters. The Morgan fingerprint density at radius 3 is 2.60 bits per heavy atom. The van der Waals surface area contributed by atoms with Gasteiger partial charge in [0.2, 0.25) is 0 Å². The summed E-state index contributed by atoms with van der Waals surface area (Å²) in [6.45, 7) is 3.97. The maximum Gasteiger partial charge on any atom is 0.0462 e. The molecule has 20 heavy (non-hydrogen) atoms. The van der Waals surface area contributed by atoms with E-state index < -0.39 is 0 Å². The van der Waals surface area contributed by atoms with E-state index in [0.29, 0.717) is 0 Å². The van der Waals surface area contributed by atoms with Crippen LogP contribution in [0.3, 0.4) is 0 Å². The Morgan fingerprint density at radius 2 is 1.85 bits per heavy atom. The molecule has 1 N–H and O–H groups in total. The zero-order valence-electron chi connectivity index (χ0n) is 11.3. The quantitative estimate of drug-likeness (QED) is 0.649. The number of halogens is 2. The van der Waals surface area contributed by atoms with Crippen molar-refractivity contribution in [2.45, 2.75) is 29.7 Å². The molecule has 0 unspecified atom stereocenters. The third-order valence-corrected chi connectivity index (χ3v) is 5.35. The van der Waals surface area contributed by atoms with Crippen molar-refractivity contribution in [3.63, 3.8) is 0 Å². The molecule has 2 rings (SSSR count). The highest BCUT2D eigenvalue weighted by atomic mass is 79.9. The second-order valence-corrected chi connectivity index (χ2v) is 6.77. The lowest BCUT2D eigenvalue weighted by atomic mass is 10.2. The molecule has 0 amide bonds. The van der Waals surface area contributed by atoms with Crippen molar-refractivity contribution >= 4 is 39.3 Å². The van der Waals surface area contributed by atoms with Crippen LogP contribution < -0.4 is 5.32 Å². The van der Waals surface area contributed by atoms with Gasteiger partial charge in [0.15, 0.2) is 0 Å². The van der Waals surface area contributed by atoms with E-state index in [1.807, 2.05) is 24.3 Å². The fourth-order valence-electron chi connectivity index (χ4n) is 1.84. The molecule has 0 radical (unpaired) electrons.